The van der Waals surface area contributed by atoms with Crippen LogP contribution in [0.1, 0.15) is 28.8 Å². The van der Waals surface area contributed by atoms with E-state index in [0.29, 0.717) is 0 Å². The Kier molecular flexibility index (Phi) is 7.89. The summed E-state index contributed by atoms with van der Waals surface area (Å²) in [7, 11) is 2.18. The number of carbonyl (C=O) groups excluding carboxylic acids is 3. The molecule has 190 valence electrons. The molecule has 0 radical (unpaired) electrons. The number of carbonyl (C=O) groups is 3. The van der Waals surface area contributed by atoms with Crippen molar-refractivity contribution in [3.8, 4) is 6.07 Å². The summed E-state index contributed by atoms with van der Waals surface area (Å²) in [6, 6.07) is 13.0. The highest BCUT2D eigenvalue weighted by atomic mass is 16.6. The molecule has 0 aliphatic carbocycles. The summed E-state index contributed by atoms with van der Waals surface area (Å²) in [6.45, 7) is 1.83. The van der Waals surface area contributed by atoms with Crippen LogP contribution in [0.5, 0.6) is 0 Å². The third-order valence-electron chi connectivity index (χ3n) is 5.53. The van der Waals surface area contributed by atoms with Gasteiger partial charge in [-0.15, -0.1) is 0 Å². The molecule has 0 spiro atoms. The number of nitro benzene ring substituents is 1. The topological polar surface area (TPSA) is 175 Å². The average molecular weight is 506 g/mol. The molecule has 0 bridgehead atoms. The first kappa shape index (κ1) is 26.4. The molecule has 3 rings (SSSR count). The van der Waals surface area contributed by atoms with Crippen molar-refractivity contribution in [2.24, 2.45) is 5.73 Å². The highest BCUT2D eigenvalue weighted by Gasteiger charge is 2.43. The number of esters is 3. The first-order valence-corrected chi connectivity index (χ1v) is 10.8. The van der Waals surface area contributed by atoms with Crippen molar-refractivity contribution in [1.82, 2.24) is 0 Å². The van der Waals surface area contributed by atoms with Crippen LogP contribution in [0.4, 0.5) is 11.4 Å². The smallest absolute Gasteiger partial charge is 0.355 e. The second-order valence-electron chi connectivity index (χ2n) is 7.54. The Balaban J connectivity index is 2.33. The second-order valence-corrected chi connectivity index (χ2v) is 7.54. The molecule has 1 aliphatic heterocycles. The van der Waals surface area contributed by atoms with Gasteiger partial charge in [-0.3, -0.25) is 15.0 Å². The molecule has 1 aliphatic rings. The Bertz CT molecular complexity index is 1370. The Labute approximate surface area is 211 Å². The zero-order valence-corrected chi connectivity index (χ0v) is 20.1. The van der Waals surface area contributed by atoms with Crippen LogP contribution in [-0.4, -0.2) is 43.7 Å². The molecule has 2 N–H and O–H groups in total. The summed E-state index contributed by atoms with van der Waals surface area (Å²) in [5.41, 5.74) is 5.86. The number of nitrogens with two attached hydrogens (primary N) is 1. The van der Waals surface area contributed by atoms with E-state index in [2.05, 4.69) is 0 Å². The number of nitrogens with zero attached hydrogens (tertiary/aromatic N) is 3. The van der Waals surface area contributed by atoms with Crippen molar-refractivity contribution in [2.75, 3.05) is 25.7 Å². The van der Waals surface area contributed by atoms with Gasteiger partial charge >= 0.3 is 17.9 Å². The zero-order chi connectivity index (χ0) is 27.3. The Morgan fingerprint density at radius 2 is 1.73 bits per heavy atom. The molecule has 0 amide bonds. The van der Waals surface area contributed by atoms with Crippen LogP contribution >= 0.6 is 0 Å². The van der Waals surface area contributed by atoms with E-state index >= 15 is 0 Å². The maximum absolute atomic E-state index is 13.1. The van der Waals surface area contributed by atoms with Crippen molar-refractivity contribution in [3.63, 3.8) is 0 Å². The molecular weight excluding hydrogens is 484 g/mol. The number of allylic oxidation sites excluding steroid dienone is 1. The molecule has 0 fully saturated rings. The average Bonchev–Trinajstić information content (AvgIpc) is 2.91. The highest BCUT2D eigenvalue weighted by molar-refractivity contribution is 6.06. The van der Waals surface area contributed by atoms with Gasteiger partial charge in [-0.25, -0.2) is 14.4 Å². The van der Waals surface area contributed by atoms with Crippen molar-refractivity contribution in [1.29, 1.82) is 5.26 Å². The van der Waals surface area contributed by atoms with E-state index in [9.17, 15) is 29.8 Å². The number of benzene rings is 2. The van der Waals surface area contributed by atoms with E-state index in [-0.39, 0.29) is 51.8 Å². The molecule has 0 saturated carbocycles. The summed E-state index contributed by atoms with van der Waals surface area (Å²) < 4.78 is 14.8. The number of ether oxygens (including phenoxy) is 3. The fraction of sp³-hybridized carbons (Fsp3) is 0.200. The standard InChI is InChI=1S/C25H22N4O8/c1-4-37-23(30)14-8-10-16(11-9-14)28-21(25(32)36-3)20(24(31)35-2)19(18(13-26)22(28)27)15-6-5-7-17(12-15)29(33)34/h5-12,19H,4,27H2,1-3H3. The molecule has 12 heteroatoms. The number of anilines is 1. The molecule has 1 atom stereocenters. The van der Waals surface area contributed by atoms with E-state index in [1.54, 1.807) is 6.92 Å². The minimum atomic E-state index is -1.28. The van der Waals surface area contributed by atoms with Gasteiger partial charge in [-0.1, -0.05) is 12.1 Å². The first-order chi connectivity index (χ1) is 17.7. The fourth-order valence-corrected chi connectivity index (χ4v) is 3.91. The molecule has 1 unspecified atom stereocenters. The first-order valence-electron chi connectivity index (χ1n) is 10.8. The quantitative estimate of drug-likeness (QED) is 0.253. The lowest BCUT2D eigenvalue weighted by molar-refractivity contribution is -0.384. The van der Waals surface area contributed by atoms with E-state index in [0.717, 1.165) is 19.1 Å². The van der Waals surface area contributed by atoms with Crippen LogP contribution in [0, 0.1) is 21.4 Å². The summed E-state index contributed by atoms with van der Waals surface area (Å²) in [5.74, 6) is -4.04. The number of nitro groups is 1. The van der Waals surface area contributed by atoms with Crippen molar-refractivity contribution < 1.29 is 33.5 Å². The monoisotopic (exact) mass is 506 g/mol. The number of hydrogen-bond donors (Lipinski definition) is 1. The maximum atomic E-state index is 13.1. The lowest BCUT2D eigenvalue weighted by atomic mass is 9.80. The van der Waals surface area contributed by atoms with Crippen molar-refractivity contribution in [2.45, 2.75) is 12.8 Å². The molecule has 12 nitrogen and oxygen atoms in total. The number of nitriles is 1. The van der Waals surface area contributed by atoms with Gasteiger partial charge in [0, 0.05) is 17.8 Å². The summed E-state index contributed by atoms with van der Waals surface area (Å²) in [5, 5.41) is 21.4. The van der Waals surface area contributed by atoms with Crippen LogP contribution < -0.4 is 10.6 Å². The molecule has 2 aromatic carbocycles. The van der Waals surface area contributed by atoms with Crippen LogP contribution in [0.25, 0.3) is 0 Å². The van der Waals surface area contributed by atoms with Crippen LogP contribution in [0.2, 0.25) is 0 Å². The fourth-order valence-electron chi connectivity index (χ4n) is 3.91. The van der Waals surface area contributed by atoms with Gasteiger partial charge in [0.15, 0.2) is 0 Å². The number of methoxy groups -OCH3 is 2. The predicted octanol–water partition coefficient (Wildman–Crippen LogP) is 2.67. The van der Waals surface area contributed by atoms with Gasteiger partial charge in [0.05, 0.1) is 54.4 Å². The highest BCUT2D eigenvalue weighted by Crippen LogP contribution is 2.43. The third-order valence-corrected chi connectivity index (χ3v) is 5.53. The second kappa shape index (κ2) is 11.0. The third kappa shape index (κ3) is 4.96. The van der Waals surface area contributed by atoms with Crippen molar-refractivity contribution >= 4 is 29.3 Å². The Morgan fingerprint density at radius 3 is 2.27 bits per heavy atom. The van der Waals surface area contributed by atoms with Gasteiger partial charge in [0.2, 0.25) is 0 Å². The molecule has 2 aromatic rings. The Hall–Kier alpha value is -5.18. The van der Waals surface area contributed by atoms with Gasteiger partial charge in [0.1, 0.15) is 11.5 Å². The van der Waals surface area contributed by atoms with Gasteiger partial charge in [-0.05, 0) is 36.8 Å². The lowest BCUT2D eigenvalue weighted by Crippen LogP contribution is -2.40. The van der Waals surface area contributed by atoms with Crippen molar-refractivity contribution in [3.05, 3.63) is 92.4 Å². The minimum absolute atomic E-state index is 0.160. The van der Waals surface area contributed by atoms with E-state index in [4.69, 9.17) is 19.9 Å². The predicted molar refractivity (Wildman–Crippen MR) is 129 cm³/mol. The van der Waals surface area contributed by atoms with E-state index in [1.807, 2.05) is 6.07 Å². The van der Waals surface area contributed by atoms with Crippen LogP contribution in [-0.2, 0) is 23.8 Å². The normalized spacial score (nSPS) is 15.1. The Morgan fingerprint density at radius 1 is 1.08 bits per heavy atom. The maximum Gasteiger partial charge on any atom is 0.355 e. The number of non-ortho nitro benzene ring substituents is 1. The zero-order valence-electron chi connectivity index (χ0n) is 20.1. The molecule has 0 aromatic heterocycles. The number of hydrogen-bond acceptors (Lipinski definition) is 11. The van der Waals surface area contributed by atoms with Crippen LogP contribution in [0.15, 0.2) is 71.2 Å². The van der Waals surface area contributed by atoms with Crippen LogP contribution in [0.3, 0.4) is 0 Å². The molecular formula is C25H22N4O8. The molecule has 0 saturated heterocycles. The van der Waals surface area contributed by atoms with E-state index in [1.165, 1.54) is 48.5 Å². The largest absolute Gasteiger partial charge is 0.466 e. The minimum Gasteiger partial charge on any atom is -0.466 e. The SMILES string of the molecule is CCOC(=O)c1ccc(N2C(N)=C(C#N)C(c3cccc([N+](=O)[O-])c3)C(C(=O)OC)=C2C(=O)OC)cc1. The molecule has 1 heterocycles. The number of rotatable bonds is 7. The lowest BCUT2D eigenvalue weighted by Gasteiger charge is -2.35. The van der Waals surface area contributed by atoms with E-state index < -0.39 is 28.7 Å². The van der Waals surface area contributed by atoms with Gasteiger partial charge in [-0.2, -0.15) is 5.26 Å². The summed E-state index contributed by atoms with van der Waals surface area (Å²) in [4.78, 5) is 50.1. The molecule has 37 heavy (non-hydrogen) atoms. The summed E-state index contributed by atoms with van der Waals surface area (Å²) in [6.07, 6.45) is 0. The summed E-state index contributed by atoms with van der Waals surface area (Å²) >= 11 is 0. The van der Waals surface area contributed by atoms with Gasteiger partial charge in [0.25, 0.3) is 5.69 Å². The van der Waals surface area contributed by atoms with Gasteiger partial charge < -0.3 is 19.9 Å².